The van der Waals surface area contributed by atoms with Crippen LogP contribution in [0.4, 0.5) is 13.2 Å². The van der Waals surface area contributed by atoms with E-state index in [4.69, 9.17) is 4.74 Å². The van der Waals surface area contributed by atoms with Crippen molar-refractivity contribution in [3.63, 3.8) is 0 Å². The molecular formula is C26H29F3N2O. The molecule has 32 heavy (non-hydrogen) atoms. The van der Waals surface area contributed by atoms with Crippen LogP contribution >= 0.6 is 0 Å². The molecule has 0 N–H and O–H groups in total. The van der Waals surface area contributed by atoms with Crippen molar-refractivity contribution >= 4 is 0 Å². The lowest BCUT2D eigenvalue weighted by atomic mass is 10.1. The molecule has 0 fully saturated rings. The Labute approximate surface area is 187 Å². The first-order valence-corrected chi connectivity index (χ1v) is 11.2. The van der Waals surface area contributed by atoms with Crippen LogP contribution < -0.4 is 4.74 Å². The van der Waals surface area contributed by atoms with Crippen LogP contribution in [0.1, 0.15) is 57.4 Å². The van der Waals surface area contributed by atoms with Gasteiger partial charge in [0.25, 0.3) is 0 Å². The Morgan fingerprint density at radius 3 is 2.16 bits per heavy atom. The van der Waals surface area contributed by atoms with Crippen molar-refractivity contribution < 1.29 is 17.9 Å². The monoisotopic (exact) mass is 442 g/mol. The van der Waals surface area contributed by atoms with E-state index in [0.717, 1.165) is 19.3 Å². The van der Waals surface area contributed by atoms with Crippen molar-refractivity contribution in [3.8, 4) is 28.3 Å². The zero-order chi connectivity index (χ0) is 22.9. The third-order valence-electron chi connectivity index (χ3n) is 5.45. The van der Waals surface area contributed by atoms with Crippen LogP contribution in [0, 0.1) is 24.4 Å². The summed E-state index contributed by atoms with van der Waals surface area (Å²) in [6.45, 7) is 4.21. The number of aromatic nitrogens is 2. The first kappa shape index (κ1) is 23.8. The Morgan fingerprint density at radius 1 is 0.781 bits per heavy atom. The van der Waals surface area contributed by atoms with E-state index in [1.807, 2.05) is 0 Å². The highest BCUT2D eigenvalue weighted by molar-refractivity contribution is 5.64. The molecule has 0 spiro atoms. The Morgan fingerprint density at radius 2 is 1.47 bits per heavy atom. The molecule has 0 saturated heterocycles. The molecule has 3 nitrogen and oxygen atoms in total. The highest BCUT2D eigenvalue weighted by Gasteiger charge is 2.17. The second kappa shape index (κ2) is 11.7. The zero-order valence-electron chi connectivity index (χ0n) is 18.6. The SMILES string of the molecule is CCCCCCCCCOc1ccc(-c2ncc(-c3ccc(C)c(F)c3)cn2)c(F)c1F. The predicted molar refractivity (Wildman–Crippen MR) is 121 cm³/mol. The molecule has 1 aromatic heterocycles. The minimum atomic E-state index is -1.05. The maximum atomic E-state index is 14.6. The number of aryl methyl sites for hydroxylation is 1. The standard InChI is InChI=1S/C26H29F3N2O/c1-3-4-5-6-7-8-9-14-32-23-13-12-21(24(28)25(23)29)26-30-16-20(17-31-26)19-11-10-18(2)22(27)15-19/h10-13,15-17H,3-9,14H2,1-2H3. The van der Waals surface area contributed by atoms with E-state index < -0.39 is 11.6 Å². The maximum Gasteiger partial charge on any atom is 0.201 e. The van der Waals surface area contributed by atoms with Gasteiger partial charge in [-0.05, 0) is 42.7 Å². The van der Waals surface area contributed by atoms with Gasteiger partial charge in [-0.3, -0.25) is 0 Å². The van der Waals surface area contributed by atoms with Crippen molar-refractivity contribution in [2.75, 3.05) is 6.61 Å². The number of halogens is 3. The Kier molecular flexibility index (Phi) is 8.65. The summed E-state index contributed by atoms with van der Waals surface area (Å²) in [4.78, 5) is 8.29. The van der Waals surface area contributed by atoms with Gasteiger partial charge in [0.1, 0.15) is 5.82 Å². The first-order valence-electron chi connectivity index (χ1n) is 11.2. The topological polar surface area (TPSA) is 35.0 Å². The van der Waals surface area contributed by atoms with Crippen molar-refractivity contribution in [1.29, 1.82) is 0 Å². The van der Waals surface area contributed by atoms with Gasteiger partial charge in [-0.15, -0.1) is 0 Å². The summed E-state index contributed by atoms with van der Waals surface area (Å²) in [5, 5.41) is 0. The highest BCUT2D eigenvalue weighted by atomic mass is 19.2. The molecule has 0 aliphatic heterocycles. The van der Waals surface area contributed by atoms with E-state index in [1.54, 1.807) is 19.1 Å². The largest absolute Gasteiger partial charge is 0.490 e. The van der Waals surface area contributed by atoms with Crippen LogP contribution in [0.25, 0.3) is 22.5 Å². The summed E-state index contributed by atoms with van der Waals surface area (Å²) in [6.07, 6.45) is 10.8. The molecule has 0 unspecified atom stereocenters. The molecule has 2 aromatic carbocycles. The maximum absolute atomic E-state index is 14.6. The van der Waals surface area contributed by atoms with E-state index in [9.17, 15) is 13.2 Å². The fraction of sp³-hybridized carbons (Fsp3) is 0.385. The summed E-state index contributed by atoms with van der Waals surface area (Å²) in [7, 11) is 0. The fourth-order valence-electron chi connectivity index (χ4n) is 3.45. The van der Waals surface area contributed by atoms with Gasteiger partial charge < -0.3 is 4.74 Å². The third kappa shape index (κ3) is 6.09. The van der Waals surface area contributed by atoms with E-state index in [0.29, 0.717) is 23.3 Å². The second-order valence-electron chi connectivity index (χ2n) is 7.97. The molecule has 3 aromatic rings. The number of rotatable bonds is 11. The minimum Gasteiger partial charge on any atom is -0.490 e. The van der Waals surface area contributed by atoms with E-state index >= 15 is 0 Å². The molecule has 0 atom stereocenters. The van der Waals surface area contributed by atoms with Crippen molar-refractivity contribution in [3.05, 3.63) is 65.7 Å². The van der Waals surface area contributed by atoms with Gasteiger partial charge in [-0.25, -0.2) is 18.7 Å². The molecule has 0 aliphatic rings. The molecular weight excluding hydrogens is 413 g/mol. The minimum absolute atomic E-state index is 0.0487. The smallest absolute Gasteiger partial charge is 0.201 e. The van der Waals surface area contributed by atoms with Gasteiger partial charge in [0.15, 0.2) is 17.4 Å². The molecule has 0 radical (unpaired) electrons. The average Bonchev–Trinajstić information content (AvgIpc) is 2.80. The normalized spacial score (nSPS) is 11.0. The summed E-state index contributed by atoms with van der Waals surface area (Å²) in [5.41, 5.74) is 1.69. The Bertz CT molecular complexity index is 1020. The first-order chi connectivity index (χ1) is 15.5. The Balaban J connectivity index is 1.61. The average molecular weight is 443 g/mol. The van der Waals surface area contributed by atoms with Crippen LogP contribution in [0.5, 0.6) is 5.75 Å². The molecule has 3 rings (SSSR count). The third-order valence-corrected chi connectivity index (χ3v) is 5.45. The molecule has 0 amide bonds. The predicted octanol–water partition coefficient (Wildman–Crippen LogP) is 7.67. The number of hydrogen-bond donors (Lipinski definition) is 0. The van der Waals surface area contributed by atoms with Gasteiger partial charge >= 0.3 is 0 Å². The molecule has 0 aliphatic carbocycles. The lowest BCUT2D eigenvalue weighted by Crippen LogP contribution is -2.02. The van der Waals surface area contributed by atoms with Crippen LogP contribution in [0.2, 0.25) is 0 Å². The molecule has 170 valence electrons. The second-order valence-corrected chi connectivity index (χ2v) is 7.97. The quantitative estimate of drug-likeness (QED) is 0.286. The van der Waals surface area contributed by atoms with E-state index in [-0.39, 0.29) is 23.0 Å². The van der Waals surface area contributed by atoms with Gasteiger partial charge in [-0.1, -0.05) is 57.6 Å². The number of ether oxygens (including phenoxy) is 1. The van der Waals surface area contributed by atoms with Crippen LogP contribution in [0.3, 0.4) is 0 Å². The number of hydrogen-bond acceptors (Lipinski definition) is 3. The molecule has 0 bridgehead atoms. The van der Waals surface area contributed by atoms with Crippen LogP contribution in [-0.4, -0.2) is 16.6 Å². The lowest BCUT2D eigenvalue weighted by molar-refractivity contribution is 0.285. The van der Waals surface area contributed by atoms with Gasteiger partial charge in [0, 0.05) is 18.0 Å². The summed E-state index contributed by atoms with van der Waals surface area (Å²) < 4.78 is 48.4. The zero-order valence-corrected chi connectivity index (χ0v) is 18.6. The van der Waals surface area contributed by atoms with Gasteiger partial charge in [0.2, 0.25) is 5.82 Å². The lowest BCUT2D eigenvalue weighted by Gasteiger charge is -2.10. The Hall–Kier alpha value is -2.89. The number of unbranched alkanes of at least 4 members (excludes halogenated alkanes) is 6. The van der Waals surface area contributed by atoms with Crippen molar-refractivity contribution in [1.82, 2.24) is 9.97 Å². The van der Waals surface area contributed by atoms with E-state index in [1.165, 1.54) is 56.3 Å². The van der Waals surface area contributed by atoms with Crippen LogP contribution in [-0.2, 0) is 0 Å². The van der Waals surface area contributed by atoms with Gasteiger partial charge in [-0.2, -0.15) is 4.39 Å². The van der Waals surface area contributed by atoms with Gasteiger partial charge in [0.05, 0.1) is 12.2 Å². The fourth-order valence-corrected chi connectivity index (χ4v) is 3.45. The molecule has 0 saturated carbocycles. The van der Waals surface area contributed by atoms with E-state index in [2.05, 4.69) is 16.9 Å². The van der Waals surface area contributed by atoms with Crippen molar-refractivity contribution in [2.24, 2.45) is 0 Å². The van der Waals surface area contributed by atoms with Crippen molar-refractivity contribution in [2.45, 2.75) is 58.8 Å². The summed E-state index contributed by atoms with van der Waals surface area (Å²) >= 11 is 0. The summed E-state index contributed by atoms with van der Waals surface area (Å²) in [5.74, 6) is -2.47. The number of benzene rings is 2. The molecule has 1 heterocycles. The summed E-state index contributed by atoms with van der Waals surface area (Å²) in [6, 6.07) is 7.64. The highest BCUT2D eigenvalue weighted by Crippen LogP contribution is 2.29. The molecule has 6 heteroatoms. The number of nitrogens with zero attached hydrogens (tertiary/aromatic N) is 2. The van der Waals surface area contributed by atoms with Crippen LogP contribution in [0.15, 0.2) is 42.7 Å².